The fraction of sp³-hybridized carbons (Fsp3) is 0.214. The van der Waals surface area contributed by atoms with Crippen molar-refractivity contribution >= 4 is 17.5 Å². The van der Waals surface area contributed by atoms with E-state index in [0.717, 1.165) is 18.7 Å². The van der Waals surface area contributed by atoms with Crippen molar-refractivity contribution in [3.05, 3.63) is 58.0 Å². The lowest BCUT2D eigenvalue weighted by Crippen LogP contribution is -2.22. The van der Waals surface area contributed by atoms with E-state index in [9.17, 15) is 4.79 Å². The van der Waals surface area contributed by atoms with E-state index >= 15 is 0 Å². The first-order valence-corrected chi connectivity index (χ1v) is 6.44. The first-order valence-electron chi connectivity index (χ1n) is 6.06. The molecular weight excluding hydrogens is 264 g/mol. The molecule has 1 aromatic carbocycles. The number of halogens is 1. The molecule has 2 N–H and O–H groups in total. The molecule has 1 aromatic heterocycles. The van der Waals surface area contributed by atoms with E-state index in [-0.39, 0.29) is 11.1 Å². The number of nitrogens with one attached hydrogen (secondary N) is 2. The molecule has 19 heavy (non-hydrogen) atoms. The molecule has 0 aliphatic carbocycles. The first kappa shape index (κ1) is 12.3. The Kier molecular flexibility index (Phi) is 3.27. The number of furan rings is 1. The van der Waals surface area contributed by atoms with Crippen LogP contribution >= 0.6 is 11.6 Å². The van der Waals surface area contributed by atoms with Crippen LogP contribution in [0.5, 0.6) is 0 Å². The van der Waals surface area contributed by atoms with E-state index in [1.807, 2.05) is 6.07 Å². The summed E-state index contributed by atoms with van der Waals surface area (Å²) in [7, 11) is 0. The van der Waals surface area contributed by atoms with Gasteiger partial charge < -0.3 is 15.1 Å². The van der Waals surface area contributed by atoms with Crippen molar-refractivity contribution < 1.29 is 9.21 Å². The minimum atomic E-state index is -0.225. The monoisotopic (exact) mass is 276 g/mol. The Morgan fingerprint density at radius 2 is 2.16 bits per heavy atom. The molecule has 0 spiro atoms. The third kappa shape index (κ3) is 2.50. The Balaban J connectivity index is 1.66. The van der Waals surface area contributed by atoms with E-state index in [4.69, 9.17) is 16.0 Å². The summed E-state index contributed by atoms with van der Waals surface area (Å²) in [6.07, 6.45) is 1.40. The highest BCUT2D eigenvalue weighted by atomic mass is 35.5. The number of amides is 1. The van der Waals surface area contributed by atoms with Gasteiger partial charge >= 0.3 is 0 Å². The Morgan fingerprint density at radius 1 is 1.32 bits per heavy atom. The molecule has 2 heterocycles. The van der Waals surface area contributed by atoms with Crippen LogP contribution in [0, 0.1) is 0 Å². The molecule has 98 valence electrons. The third-order valence-corrected chi connectivity index (χ3v) is 3.51. The normalized spacial score (nSPS) is 13.3. The van der Waals surface area contributed by atoms with Gasteiger partial charge in [-0.2, -0.15) is 0 Å². The SMILES string of the molecule is O=C(NCc1ccc2c(c1)CNC2)c1ccoc1Cl. The van der Waals surface area contributed by atoms with Crippen LogP contribution in [-0.2, 0) is 19.6 Å². The minimum absolute atomic E-state index is 0.121. The van der Waals surface area contributed by atoms with Crippen LogP contribution in [0.25, 0.3) is 0 Å². The van der Waals surface area contributed by atoms with Crippen molar-refractivity contribution in [1.29, 1.82) is 0 Å². The highest BCUT2D eigenvalue weighted by molar-refractivity contribution is 6.32. The fourth-order valence-electron chi connectivity index (χ4n) is 2.19. The predicted molar refractivity (Wildman–Crippen MR) is 71.9 cm³/mol. The van der Waals surface area contributed by atoms with E-state index in [0.29, 0.717) is 12.1 Å². The Morgan fingerprint density at radius 3 is 2.95 bits per heavy atom. The molecule has 2 aromatic rings. The second-order valence-electron chi connectivity index (χ2n) is 4.50. The van der Waals surface area contributed by atoms with Gasteiger partial charge in [-0.15, -0.1) is 0 Å². The van der Waals surface area contributed by atoms with Crippen molar-refractivity contribution in [3.63, 3.8) is 0 Å². The molecule has 1 amide bonds. The van der Waals surface area contributed by atoms with Crippen LogP contribution in [0.1, 0.15) is 27.0 Å². The van der Waals surface area contributed by atoms with Gasteiger partial charge in [-0.1, -0.05) is 18.2 Å². The van der Waals surface area contributed by atoms with Gasteiger partial charge in [0.25, 0.3) is 5.91 Å². The number of hydrogen-bond acceptors (Lipinski definition) is 3. The summed E-state index contributed by atoms with van der Waals surface area (Å²) in [5.74, 6) is -0.225. The Hall–Kier alpha value is -1.78. The zero-order valence-electron chi connectivity index (χ0n) is 10.2. The lowest BCUT2D eigenvalue weighted by Gasteiger charge is -2.06. The second-order valence-corrected chi connectivity index (χ2v) is 4.84. The number of fused-ring (bicyclic) bond motifs is 1. The fourth-order valence-corrected chi connectivity index (χ4v) is 2.39. The Bertz CT molecular complexity index is 622. The molecule has 5 heteroatoms. The second kappa shape index (κ2) is 5.07. The van der Waals surface area contributed by atoms with Crippen molar-refractivity contribution in [3.8, 4) is 0 Å². The van der Waals surface area contributed by atoms with E-state index < -0.39 is 0 Å². The number of hydrogen-bond donors (Lipinski definition) is 2. The summed E-state index contributed by atoms with van der Waals surface area (Å²) in [6.45, 7) is 2.30. The van der Waals surface area contributed by atoms with Crippen molar-refractivity contribution in [2.75, 3.05) is 0 Å². The highest BCUT2D eigenvalue weighted by Crippen LogP contribution is 2.18. The maximum absolute atomic E-state index is 11.9. The Labute approximate surface area is 115 Å². The van der Waals surface area contributed by atoms with E-state index in [1.54, 1.807) is 6.07 Å². The largest absolute Gasteiger partial charge is 0.452 e. The quantitative estimate of drug-likeness (QED) is 0.905. The first-order chi connectivity index (χ1) is 9.24. The third-order valence-electron chi connectivity index (χ3n) is 3.22. The number of rotatable bonds is 3. The van der Waals surface area contributed by atoms with Crippen LogP contribution in [-0.4, -0.2) is 5.91 Å². The molecule has 0 saturated heterocycles. The molecule has 0 bridgehead atoms. The summed E-state index contributed by atoms with van der Waals surface area (Å²) in [5.41, 5.74) is 4.07. The summed E-state index contributed by atoms with van der Waals surface area (Å²) in [5, 5.41) is 6.24. The summed E-state index contributed by atoms with van der Waals surface area (Å²) in [4.78, 5) is 11.9. The molecule has 0 unspecified atom stereocenters. The smallest absolute Gasteiger partial charge is 0.256 e. The molecule has 0 fully saturated rings. The van der Waals surface area contributed by atoms with E-state index in [2.05, 4.69) is 22.8 Å². The summed E-state index contributed by atoms with van der Waals surface area (Å²) >= 11 is 5.76. The van der Waals surface area contributed by atoms with Crippen molar-refractivity contribution in [2.24, 2.45) is 0 Å². The van der Waals surface area contributed by atoms with Gasteiger partial charge in [0.1, 0.15) is 0 Å². The van der Waals surface area contributed by atoms with Crippen molar-refractivity contribution in [2.45, 2.75) is 19.6 Å². The number of benzene rings is 1. The van der Waals surface area contributed by atoms with Crippen LogP contribution in [0.2, 0.25) is 5.22 Å². The summed E-state index contributed by atoms with van der Waals surface area (Å²) < 4.78 is 4.89. The van der Waals surface area contributed by atoms with Crippen molar-refractivity contribution in [1.82, 2.24) is 10.6 Å². The predicted octanol–water partition coefficient (Wildman–Crippen LogP) is 2.47. The summed E-state index contributed by atoms with van der Waals surface area (Å²) in [6, 6.07) is 7.81. The maximum atomic E-state index is 11.9. The van der Waals surface area contributed by atoms with Crippen LogP contribution in [0.3, 0.4) is 0 Å². The molecule has 4 nitrogen and oxygen atoms in total. The van der Waals surface area contributed by atoms with Gasteiger partial charge in [-0.3, -0.25) is 4.79 Å². The minimum Gasteiger partial charge on any atom is -0.452 e. The van der Waals surface area contributed by atoms with Gasteiger partial charge in [-0.25, -0.2) is 0 Å². The zero-order chi connectivity index (χ0) is 13.2. The number of carbonyl (C=O) groups excluding carboxylic acids is 1. The molecule has 1 aliphatic heterocycles. The molecule has 1 aliphatic rings. The molecule has 0 radical (unpaired) electrons. The van der Waals surface area contributed by atoms with Crippen LogP contribution in [0.15, 0.2) is 34.9 Å². The molecule has 0 saturated carbocycles. The van der Waals surface area contributed by atoms with Gasteiger partial charge in [0.15, 0.2) is 0 Å². The van der Waals surface area contributed by atoms with Crippen LogP contribution < -0.4 is 10.6 Å². The van der Waals surface area contributed by atoms with Gasteiger partial charge in [0, 0.05) is 19.6 Å². The lowest BCUT2D eigenvalue weighted by atomic mass is 10.1. The molecule has 0 atom stereocenters. The standard InChI is InChI=1S/C14H13ClN2O2/c15-13-12(3-4-19-13)14(18)17-6-9-1-2-10-7-16-8-11(10)5-9/h1-5,16H,6-8H2,(H,17,18). The van der Waals surface area contributed by atoms with E-state index in [1.165, 1.54) is 17.4 Å². The highest BCUT2D eigenvalue weighted by Gasteiger charge is 2.13. The average molecular weight is 277 g/mol. The average Bonchev–Trinajstić information content (AvgIpc) is 3.03. The van der Waals surface area contributed by atoms with Gasteiger partial charge in [0.05, 0.1) is 11.8 Å². The number of carbonyl (C=O) groups is 1. The maximum Gasteiger partial charge on any atom is 0.256 e. The topological polar surface area (TPSA) is 54.3 Å². The zero-order valence-corrected chi connectivity index (χ0v) is 11.0. The van der Waals surface area contributed by atoms with Gasteiger partial charge in [-0.05, 0) is 34.4 Å². The van der Waals surface area contributed by atoms with Gasteiger partial charge in [0.2, 0.25) is 5.22 Å². The molecule has 3 rings (SSSR count). The lowest BCUT2D eigenvalue weighted by molar-refractivity contribution is 0.0950. The molecular formula is C14H13ClN2O2. The van der Waals surface area contributed by atoms with Crippen LogP contribution in [0.4, 0.5) is 0 Å².